The first-order valence-corrected chi connectivity index (χ1v) is 8.54. The van der Waals surface area contributed by atoms with Crippen LogP contribution in [0.2, 0.25) is 0 Å². The fourth-order valence-corrected chi connectivity index (χ4v) is 3.09. The normalized spacial score (nSPS) is 10.9. The standard InChI is InChI=1S/C22H17FN2O2/c1-14-10-19-21(24-12-14)18(13-26)22(25(19)17-6-4-3-5-7-17)27-20-11-16(23)9-8-15(20)2/h3-13H,1-2H3. The first kappa shape index (κ1) is 17.0. The molecule has 4 aromatic rings. The summed E-state index contributed by atoms with van der Waals surface area (Å²) in [4.78, 5) is 16.3. The Bertz CT molecular complexity index is 1150. The first-order chi connectivity index (χ1) is 13.1. The lowest BCUT2D eigenvalue weighted by Crippen LogP contribution is -2.00. The number of benzene rings is 2. The van der Waals surface area contributed by atoms with E-state index in [9.17, 15) is 9.18 Å². The molecule has 5 heteroatoms. The molecule has 2 aromatic heterocycles. The van der Waals surface area contributed by atoms with E-state index in [4.69, 9.17) is 4.74 Å². The third-order valence-corrected chi connectivity index (χ3v) is 4.42. The van der Waals surface area contributed by atoms with E-state index < -0.39 is 5.82 Å². The number of nitrogens with zero attached hydrogens (tertiary/aromatic N) is 2. The van der Waals surface area contributed by atoms with Crippen molar-refractivity contribution < 1.29 is 13.9 Å². The van der Waals surface area contributed by atoms with Crippen LogP contribution in [0.4, 0.5) is 4.39 Å². The average molecular weight is 360 g/mol. The van der Waals surface area contributed by atoms with Crippen molar-refractivity contribution in [1.82, 2.24) is 9.55 Å². The maximum atomic E-state index is 13.7. The van der Waals surface area contributed by atoms with E-state index in [-0.39, 0.29) is 0 Å². The smallest absolute Gasteiger partial charge is 0.218 e. The number of ether oxygens (including phenoxy) is 1. The Hall–Kier alpha value is -3.47. The van der Waals surface area contributed by atoms with Crippen LogP contribution in [0.5, 0.6) is 11.6 Å². The number of carbonyl (C=O) groups excluding carboxylic acids is 1. The van der Waals surface area contributed by atoms with Crippen LogP contribution in [0.15, 0.2) is 60.8 Å². The highest BCUT2D eigenvalue weighted by Gasteiger charge is 2.22. The quantitative estimate of drug-likeness (QED) is 0.459. The minimum absolute atomic E-state index is 0.318. The fraction of sp³-hybridized carbons (Fsp3) is 0.0909. The summed E-state index contributed by atoms with van der Waals surface area (Å²) in [6.45, 7) is 3.76. The van der Waals surface area contributed by atoms with Gasteiger partial charge in [-0.05, 0) is 49.2 Å². The van der Waals surface area contributed by atoms with Gasteiger partial charge in [-0.25, -0.2) is 4.39 Å². The maximum Gasteiger partial charge on any atom is 0.218 e. The van der Waals surface area contributed by atoms with Gasteiger partial charge >= 0.3 is 0 Å². The fourth-order valence-electron chi connectivity index (χ4n) is 3.09. The topological polar surface area (TPSA) is 44.1 Å². The van der Waals surface area contributed by atoms with E-state index in [1.807, 2.05) is 54.8 Å². The molecule has 134 valence electrons. The summed E-state index contributed by atoms with van der Waals surface area (Å²) in [6, 6.07) is 15.8. The van der Waals surface area contributed by atoms with Crippen molar-refractivity contribution >= 4 is 17.3 Å². The molecule has 0 spiro atoms. The van der Waals surface area contributed by atoms with Crippen LogP contribution >= 0.6 is 0 Å². The summed E-state index contributed by atoms with van der Waals surface area (Å²) >= 11 is 0. The third-order valence-electron chi connectivity index (χ3n) is 4.42. The number of carbonyl (C=O) groups is 1. The zero-order valence-corrected chi connectivity index (χ0v) is 14.9. The minimum Gasteiger partial charge on any atom is -0.439 e. The molecule has 0 aliphatic carbocycles. The van der Waals surface area contributed by atoms with E-state index in [0.717, 1.165) is 28.6 Å². The highest BCUT2D eigenvalue weighted by Crippen LogP contribution is 2.37. The number of hydrogen-bond donors (Lipinski definition) is 0. The van der Waals surface area contributed by atoms with E-state index in [1.54, 1.807) is 12.3 Å². The predicted octanol–water partition coefficient (Wildman–Crippen LogP) is 5.39. The molecule has 0 atom stereocenters. The van der Waals surface area contributed by atoms with Crippen LogP contribution in [0.3, 0.4) is 0 Å². The second-order valence-electron chi connectivity index (χ2n) is 6.40. The Morgan fingerprint density at radius 2 is 1.85 bits per heavy atom. The van der Waals surface area contributed by atoms with Gasteiger partial charge in [-0.3, -0.25) is 14.3 Å². The summed E-state index contributed by atoms with van der Waals surface area (Å²) in [5, 5.41) is 0. The summed E-state index contributed by atoms with van der Waals surface area (Å²) < 4.78 is 21.7. The van der Waals surface area contributed by atoms with Crippen LogP contribution < -0.4 is 4.74 Å². The summed E-state index contributed by atoms with van der Waals surface area (Å²) in [7, 11) is 0. The van der Waals surface area contributed by atoms with Gasteiger partial charge in [0.2, 0.25) is 5.88 Å². The molecule has 4 rings (SSSR count). The van der Waals surface area contributed by atoms with Crippen LogP contribution in [-0.2, 0) is 0 Å². The Labute approximate surface area is 155 Å². The van der Waals surface area contributed by atoms with Crippen molar-refractivity contribution in [3.8, 4) is 17.3 Å². The molecular weight excluding hydrogens is 343 g/mol. The van der Waals surface area contributed by atoms with Crippen LogP contribution in [0.1, 0.15) is 21.5 Å². The molecule has 0 saturated carbocycles. The number of pyridine rings is 1. The molecular formula is C22H17FN2O2. The second kappa shape index (κ2) is 6.68. The van der Waals surface area contributed by atoms with Gasteiger partial charge in [0.1, 0.15) is 22.6 Å². The summed E-state index contributed by atoms with van der Waals surface area (Å²) in [5.41, 5.74) is 4.19. The van der Waals surface area contributed by atoms with Gasteiger partial charge in [0.15, 0.2) is 6.29 Å². The number of aromatic nitrogens is 2. The Morgan fingerprint density at radius 1 is 1.07 bits per heavy atom. The maximum absolute atomic E-state index is 13.7. The second-order valence-corrected chi connectivity index (χ2v) is 6.40. The molecule has 0 radical (unpaired) electrons. The van der Waals surface area contributed by atoms with Crippen molar-refractivity contribution in [3.05, 3.63) is 83.3 Å². The largest absolute Gasteiger partial charge is 0.439 e. The Kier molecular flexibility index (Phi) is 4.20. The number of fused-ring (bicyclic) bond motifs is 1. The predicted molar refractivity (Wildman–Crippen MR) is 102 cm³/mol. The van der Waals surface area contributed by atoms with E-state index >= 15 is 0 Å². The molecule has 0 fully saturated rings. The lowest BCUT2D eigenvalue weighted by molar-refractivity contribution is 0.112. The van der Waals surface area contributed by atoms with E-state index in [0.29, 0.717) is 22.7 Å². The number of aldehydes is 1. The summed E-state index contributed by atoms with van der Waals surface area (Å²) in [6.07, 6.45) is 2.44. The molecule has 0 aliphatic rings. The molecule has 2 aromatic carbocycles. The van der Waals surface area contributed by atoms with Crippen LogP contribution in [0, 0.1) is 19.7 Å². The van der Waals surface area contributed by atoms with Crippen LogP contribution in [0.25, 0.3) is 16.7 Å². The molecule has 27 heavy (non-hydrogen) atoms. The molecule has 0 aliphatic heterocycles. The average Bonchev–Trinajstić information content (AvgIpc) is 2.97. The number of halogens is 1. The van der Waals surface area contributed by atoms with Crippen molar-refractivity contribution in [3.63, 3.8) is 0 Å². The van der Waals surface area contributed by atoms with Gasteiger partial charge in [-0.1, -0.05) is 24.3 Å². The molecule has 2 heterocycles. The van der Waals surface area contributed by atoms with Gasteiger partial charge in [-0.2, -0.15) is 0 Å². The highest BCUT2D eigenvalue weighted by molar-refractivity contribution is 5.99. The number of hydrogen-bond acceptors (Lipinski definition) is 3. The molecule has 0 N–H and O–H groups in total. The highest BCUT2D eigenvalue weighted by atomic mass is 19.1. The minimum atomic E-state index is -0.403. The number of aryl methyl sites for hydroxylation is 2. The monoisotopic (exact) mass is 360 g/mol. The lowest BCUT2D eigenvalue weighted by Gasteiger charge is -2.14. The van der Waals surface area contributed by atoms with Crippen LogP contribution in [-0.4, -0.2) is 15.8 Å². The van der Waals surface area contributed by atoms with Gasteiger partial charge in [0.25, 0.3) is 0 Å². The number of rotatable bonds is 4. The van der Waals surface area contributed by atoms with E-state index in [2.05, 4.69) is 4.98 Å². The Balaban J connectivity index is 2.03. The van der Waals surface area contributed by atoms with Crippen molar-refractivity contribution in [2.45, 2.75) is 13.8 Å². The first-order valence-electron chi connectivity index (χ1n) is 8.54. The van der Waals surface area contributed by atoms with Gasteiger partial charge in [-0.15, -0.1) is 0 Å². The third kappa shape index (κ3) is 2.97. The van der Waals surface area contributed by atoms with E-state index in [1.165, 1.54) is 12.1 Å². The van der Waals surface area contributed by atoms with Crippen molar-refractivity contribution in [2.24, 2.45) is 0 Å². The molecule has 0 unspecified atom stereocenters. The Morgan fingerprint density at radius 3 is 2.59 bits per heavy atom. The molecule has 4 nitrogen and oxygen atoms in total. The zero-order valence-electron chi connectivity index (χ0n) is 14.9. The van der Waals surface area contributed by atoms with Crippen molar-refractivity contribution in [2.75, 3.05) is 0 Å². The van der Waals surface area contributed by atoms with Gasteiger partial charge in [0, 0.05) is 18.0 Å². The summed E-state index contributed by atoms with van der Waals surface area (Å²) in [5.74, 6) is 0.271. The zero-order chi connectivity index (χ0) is 19.0. The lowest BCUT2D eigenvalue weighted by atomic mass is 10.2. The van der Waals surface area contributed by atoms with Gasteiger partial charge in [0.05, 0.1) is 5.52 Å². The molecule has 0 bridgehead atoms. The number of para-hydroxylation sites is 1. The molecule has 0 saturated heterocycles. The SMILES string of the molecule is Cc1cnc2c(C=O)c(Oc3cc(F)ccc3C)n(-c3ccccc3)c2c1. The van der Waals surface area contributed by atoms with Crippen molar-refractivity contribution in [1.29, 1.82) is 0 Å². The van der Waals surface area contributed by atoms with Gasteiger partial charge < -0.3 is 4.74 Å². The molecule has 0 amide bonds.